The zero-order valence-electron chi connectivity index (χ0n) is 13.4. The molecule has 0 saturated carbocycles. The van der Waals surface area contributed by atoms with E-state index < -0.39 is 0 Å². The second-order valence-corrected chi connectivity index (χ2v) is 4.54. The van der Waals surface area contributed by atoms with E-state index in [0.29, 0.717) is 18.4 Å². The molecule has 124 valence electrons. The zero-order valence-corrected chi connectivity index (χ0v) is 15.8. The summed E-state index contributed by atoms with van der Waals surface area (Å²) in [6.45, 7) is 3.38. The molecule has 0 atom stereocenters. The Bertz CT molecular complexity index is 494. The quantitative estimate of drug-likeness (QED) is 0.405. The number of likely N-dealkylation sites (N-methyl/N-ethyl adjacent to an activating group) is 1. The first kappa shape index (κ1) is 20.4. The Hall–Kier alpha value is -1.58. The van der Waals surface area contributed by atoms with Crippen LogP contribution in [0.15, 0.2) is 23.3 Å². The van der Waals surface area contributed by atoms with E-state index >= 15 is 0 Å². The normalized spacial score (nSPS) is 10.5. The van der Waals surface area contributed by atoms with E-state index in [9.17, 15) is 4.79 Å². The average Bonchev–Trinajstić information content (AvgIpc) is 2.49. The molecule has 1 aromatic rings. The van der Waals surface area contributed by atoms with Gasteiger partial charge < -0.3 is 20.3 Å². The van der Waals surface area contributed by atoms with E-state index in [1.807, 2.05) is 19.1 Å². The number of nitrogens with zero attached hydrogens (tertiary/aromatic N) is 3. The van der Waals surface area contributed by atoms with Gasteiger partial charge in [-0.05, 0) is 18.6 Å². The summed E-state index contributed by atoms with van der Waals surface area (Å²) >= 11 is 0. The van der Waals surface area contributed by atoms with Crippen LogP contribution in [0.4, 0.5) is 0 Å². The van der Waals surface area contributed by atoms with E-state index in [1.165, 1.54) is 4.90 Å². The second-order valence-electron chi connectivity index (χ2n) is 4.54. The highest BCUT2D eigenvalue weighted by Gasteiger charge is 2.05. The van der Waals surface area contributed by atoms with Gasteiger partial charge in [0.25, 0.3) is 0 Å². The molecule has 0 saturated heterocycles. The number of hydrogen-bond acceptors (Lipinski definition) is 4. The molecule has 0 aliphatic carbocycles. The highest BCUT2D eigenvalue weighted by molar-refractivity contribution is 14.0. The van der Waals surface area contributed by atoms with Crippen molar-refractivity contribution in [2.45, 2.75) is 13.5 Å². The number of rotatable bonds is 6. The van der Waals surface area contributed by atoms with Crippen LogP contribution in [0.2, 0.25) is 0 Å². The predicted octanol–water partition coefficient (Wildman–Crippen LogP) is 0.851. The number of nitrogens with one attached hydrogen (secondary N) is 2. The molecule has 0 fully saturated rings. The minimum atomic E-state index is -0.00816. The highest BCUT2D eigenvalue weighted by Crippen LogP contribution is 2.09. The molecule has 1 heterocycles. The van der Waals surface area contributed by atoms with Gasteiger partial charge >= 0.3 is 0 Å². The van der Waals surface area contributed by atoms with Gasteiger partial charge in [0.1, 0.15) is 0 Å². The Labute approximate surface area is 148 Å². The van der Waals surface area contributed by atoms with Crippen LogP contribution in [0, 0.1) is 0 Å². The van der Waals surface area contributed by atoms with Gasteiger partial charge in [-0.1, -0.05) is 0 Å². The standard InChI is InChI=1S/C14H23N5O2.HI/c1-5-15-14(18-10-13(20)19(2)3)17-9-11-6-7-16-12(8-11)21-4;/h6-8H,5,9-10H2,1-4H3,(H2,15,17,18);1H. The molecule has 0 aromatic carbocycles. The monoisotopic (exact) mass is 421 g/mol. The third-order valence-corrected chi connectivity index (χ3v) is 2.68. The predicted molar refractivity (Wildman–Crippen MR) is 97.7 cm³/mol. The van der Waals surface area contributed by atoms with Crippen LogP contribution < -0.4 is 15.4 Å². The molecule has 0 unspecified atom stereocenters. The number of aromatic nitrogens is 1. The second kappa shape index (κ2) is 11.0. The van der Waals surface area contributed by atoms with Crippen LogP contribution in [-0.2, 0) is 11.3 Å². The molecule has 1 aromatic heterocycles. The number of methoxy groups -OCH3 is 1. The van der Waals surface area contributed by atoms with Gasteiger partial charge in [-0.15, -0.1) is 24.0 Å². The molecule has 0 aliphatic rings. The Morgan fingerprint density at radius 1 is 1.41 bits per heavy atom. The van der Waals surface area contributed by atoms with Crippen molar-refractivity contribution >= 4 is 35.8 Å². The fourth-order valence-electron chi connectivity index (χ4n) is 1.49. The molecule has 0 aliphatic heterocycles. The largest absolute Gasteiger partial charge is 0.481 e. The average molecular weight is 421 g/mol. The van der Waals surface area contributed by atoms with Gasteiger partial charge in [0.2, 0.25) is 11.8 Å². The van der Waals surface area contributed by atoms with Crippen LogP contribution in [0.5, 0.6) is 5.88 Å². The summed E-state index contributed by atoms with van der Waals surface area (Å²) in [7, 11) is 5.02. The molecule has 7 nitrogen and oxygen atoms in total. The maximum absolute atomic E-state index is 11.6. The first-order valence-electron chi connectivity index (χ1n) is 6.78. The van der Waals surface area contributed by atoms with E-state index in [1.54, 1.807) is 27.4 Å². The number of aliphatic imine (C=N–C) groups is 1. The minimum absolute atomic E-state index is 0. The van der Waals surface area contributed by atoms with Crippen molar-refractivity contribution in [2.75, 3.05) is 34.3 Å². The van der Waals surface area contributed by atoms with Gasteiger partial charge in [-0.25, -0.2) is 9.98 Å². The number of hydrogen-bond donors (Lipinski definition) is 2. The van der Waals surface area contributed by atoms with E-state index in [-0.39, 0.29) is 36.4 Å². The lowest BCUT2D eigenvalue weighted by Gasteiger charge is -2.14. The molecule has 1 amide bonds. The summed E-state index contributed by atoms with van der Waals surface area (Å²) in [5, 5.41) is 6.10. The molecule has 2 N–H and O–H groups in total. The lowest BCUT2D eigenvalue weighted by Crippen LogP contribution is -2.42. The molecule has 0 radical (unpaired) electrons. The topological polar surface area (TPSA) is 78.9 Å². The van der Waals surface area contributed by atoms with Crippen molar-refractivity contribution in [3.63, 3.8) is 0 Å². The number of guanidine groups is 1. The molecule has 22 heavy (non-hydrogen) atoms. The summed E-state index contributed by atoms with van der Waals surface area (Å²) in [5.41, 5.74) is 0.984. The van der Waals surface area contributed by atoms with Gasteiger partial charge in [0.05, 0.1) is 20.2 Å². The Morgan fingerprint density at radius 2 is 2.14 bits per heavy atom. The summed E-state index contributed by atoms with van der Waals surface area (Å²) in [6.07, 6.45) is 1.68. The molecule has 8 heteroatoms. The summed E-state index contributed by atoms with van der Waals surface area (Å²) in [6, 6.07) is 3.71. The van der Waals surface area contributed by atoms with Crippen LogP contribution >= 0.6 is 24.0 Å². The Balaban J connectivity index is 0.00000441. The number of ether oxygens (including phenoxy) is 1. The Kier molecular flexibility index (Phi) is 10.3. The van der Waals surface area contributed by atoms with Crippen molar-refractivity contribution in [3.05, 3.63) is 23.9 Å². The summed E-state index contributed by atoms with van der Waals surface area (Å²) in [4.78, 5) is 21.6. The van der Waals surface area contributed by atoms with Crippen LogP contribution in [0.3, 0.4) is 0 Å². The number of halogens is 1. The van der Waals surface area contributed by atoms with Gasteiger partial charge in [-0.2, -0.15) is 0 Å². The lowest BCUT2D eigenvalue weighted by atomic mass is 10.3. The number of pyridine rings is 1. The van der Waals surface area contributed by atoms with E-state index in [2.05, 4.69) is 20.6 Å². The SMILES string of the molecule is CCNC(=NCc1ccnc(OC)c1)NCC(=O)N(C)C.I. The highest BCUT2D eigenvalue weighted by atomic mass is 127. The fraction of sp³-hybridized carbons (Fsp3) is 0.500. The molecule has 0 bridgehead atoms. The number of carbonyl (C=O) groups is 1. The van der Waals surface area contributed by atoms with Gasteiger partial charge in [0, 0.05) is 32.9 Å². The maximum atomic E-state index is 11.6. The van der Waals surface area contributed by atoms with E-state index in [4.69, 9.17) is 4.74 Å². The third kappa shape index (κ3) is 7.43. The van der Waals surface area contributed by atoms with Crippen LogP contribution in [0.25, 0.3) is 0 Å². The number of carbonyl (C=O) groups excluding carboxylic acids is 1. The van der Waals surface area contributed by atoms with Crippen molar-refractivity contribution in [2.24, 2.45) is 4.99 Å². The van der Waals surface area contributed by atoms with E-state index in [0.717, 1.165) is 12.1 Å². The van der Waals surface area contributed by atoms with Crippen molar-refractivity contribution in [1.82, 2.24) is 20.5 Å². The Morgan fingerprint density at radius 3 is 2.73 bits per heavy atom. The number of amides is 1. The summed E-state index contributed by atoms with van der Waals surface area (Å²) < 4.78 is 5.07. The smallest absolute Gasteiger partial charge is 0.241 e. The summed E-state index contributed by atoms with van der Waals surface area (Å²) in [5.74, 6) is 1.15. The first-order chi connectivity index (χ1) is 10.1. The molecular formula is C14H24IN5O2. The molecular weight excluding hydrogens is 397 g/mol. The van der Waals surface area contributed by atoms with Gasteiger partial charge in [0.15, 0.2) is 5.96 Å². The van der Waals surface area contributed by atoms with Crippen LogP contribution in [-0.4, -0.2) is 56.0 Å². The minimum Gasteiger partial charge on any atom is -0.481 e. The van der Waals surface area contributed by atoms with Crippen molar-refractivity contribution < 1.29 is 9.53 Å². The fourth-order valence-corrected chi connectivity index (χ4v) is 1.49. The van der Waals surface area contributed by atoms with Crippen LogP contribution in [0.1, 0.15) is 12.5 Å². The maximum Gasteiger partial charge on any atom is 0.241 e. The molecule has 0 spiro atoms. The first-order valence-corrected chi connectivity index (χ1v) is 6.78. The lowest BCUT2D eigenvalue weighted by molar-refractivity contribution is -0.127. The third-order valence-electron chi connectivity index (χ3n) is 2.68. The van der Waals surface area contributed by atoms with Gasteiger partial charge in [-0.3, -0.25) is 4.79 Å². The zero-order chi connectivity index (χ0) is 15.7. The van der Waals surface area contributed by atoms with Crippen molar-refractivity contribution in [3.8, 4) is 5.88 Å². The van der Waals surface area contributed by atoms with Crippen molar-refractivity contribution in [1.29, 1.82) is 0 Å². The molecule has 1 rings (SSSR count).